The van der Waals surface area contributed by atoms with Gasteiger partial charge < -0.3 is 10.6 Å². The summed E-state index contributed by atoms with van der Waals surface area (Å²) in [4.78, 5) is 10.6. The van der Waals surface area contributed by atoms with Crippen LogP contribution in [0.15, 0.2) is 24.5 Å². The van der Waals surface area contributed by atoms with Gasteiger partial charge in [-0.25, -0.2) is 18.4 Å². The molecule has 2 N–H and O–H groups in total. The number of hydrogen-bond acceptors (Lipinski definition) is 6. The molecule has 0 unspecified atom stereocenters. The Morgan fingerprint density at radius 2 is 2.00 bits per heavy atom. The van der Waals surface area contributed by atoms with E-state index in [1.807, 2.05) is 17.0 Å². The molecule has 1 fully saturated rings. The third-order valence-electron chi connectivity index (χ3n) is 3.49. The lowest BCUT2D eigenvalue weighted by Crippen LogP contribution is -2.27. The Morgan fingerprint density at radius 3 is 2.85 bits per heavy atom. The lowest BCUT2D eigenvalue weighted by molar-refractivity contribution is 0.597. The van der Waals surface area contributed by atoms with Crippen molar-refractivity contribution in [2.75, 3.05) is 35.2 Å². The van der Waals surface area contributed by atoms with Crippen molar-refractivity contribution < 1.29 is 8.42 Å². The van der Waals surface area contributed by atoms with E-state index in [0.29, 0.717) is 25.2 Å². The van der Waals surface area contributed by atoms with Gasteiger partial charge in [-0.15, -0.1) is 0 Å². The van der Waals surface area contributed by atoms with Gasteiger partial charge in [-0.1, -0.05) is 0 Å². The second-order valence-corrected chi connectivity index (χ2v) is 7.27. The van der Waals surface area contributed by atoms with Crippen molar-refractivity contribution in [1.29, 1.82) is 0 Å². The first kappa shape index (κ1) is 13.1. The molecular weight excluding hydrogens is 276 g/mol. The van der Waals surface area contributed by atoms with E-state index in [-0.39, 0.29) is 11.5 Å². The molecule has 2 heterocycles. The molecule has 0 aliphatic carbocycles. The molecule has 0 saturated carbocycles. The number of sulfone groups is 1. The van der Waals surface area contributed by atoms with E-state index in [1.54, 1.807) is 6.07 Å². The fraction of sp³-hybridized carbons (Fsp3) is 0.385. The van der Waals surface area contributed by atoms with Crippen LogP contribution in [0.4, 0.5) is 11.5 Å². The van der Waals surface area contributed by atoms with Crippen LogP contribution in [0.25, 0.3) is 10.9 Å². The fourth-order valence-electron chi connectivity index (χ4n) is 2.46. The summed E-state index contributed by atoms with van der Waals surface area (Å²) < 4.78 is 23.4. The van der Waals surface area contributed by atoms with E-state index in [1.165, 1.54) is 6.33 Å². The van der Waals surface area contributed by atoms with E-state index >= 15 is 0 Å². The van der Waals surface area contributed by atoms with Gasteiger partial charge in [0.2, 0.25) is 0 Å². The third-order valence-corrected chi connectivity index (χ3v) is 5.21. The predicted octanol–water partition coefficient (Wildman–Crippen LogP) is 0.837. The Labute approximate surface area is 117 Å². The highest BCUT2D eigenvalue weighted by atomic mass is 32.2. The van der Waals surface area contributed by atoms with Crippen LogP contribution < -0.4 is 10.6 Å². The molecule has 1 saturated heterocycles. The molecule has 20 heavy (non-hydrogen) atoms. The number of nitrogen functional groups attached to an aromatic ring is 1. The molecule has 1 aliphatic rings. The summed E-state index contributed by atoms with van der Waals surface area (Å²) in [7, 11) is -2.93. The molecule has 2 aromatic rings. The maximum atomic E-state index is 11.7. The van der Waals surface area contributed by atoms with Gasteiger partial charge in [0.15, 0.2) is 9.84 Å². The van der Waals surface area contributed by atoms with Crippen LogP contribution in [0, 0.1) is 0 Å². The summed E-state index contributed by atoms with van der Waals surface area (Å²) in [6.07, 6.45) is 2.12. The number of anilines is 2. The second-order valence-electron chi connectivity index (χ2n) is 4.97. The van der Waals surface area contributed by atoms with Crippen molar-refractivity contribution in [2.45, 2.75) is 6.42 Å². The summed E-state index contributed by atoms with van der Waals surface area (Å²) in [6.45, 7) is 1.16. The second kappa shape index (κ2) is 4.90. The smallest absolute Gasteiger partial charge is 0.152 e. The van der Waals surface area contributed by atoms with Crippen molar-refractivity contribution in [3.05, 3.63) is 24.5 Å². The summed E-state index contributed by atoms with van der Waals surface area (Å²) in [6, 6.07) is 5.50. The molecule has 0 spiro atoms. The zero-order chi connectivity index (χ0) is 14.2. The molecule has 0 amide bonds. The van der Waals surface area contributed by atoms with Crippen molar-refractivity contribution in [2.24, 2.45) is 0 Å². The average molecular weight is 292 g/mol. The van der Waals surface area contributed by atoms with Crippen molar-refractivity contribution >= 4 is 32.2 Å². The molecule has 3 rings (SSSR count). The number of nitrogens with two attached hydrogens (primary N) is 1. The van der Waals surface area contributed by atoms with Crippen LogP contribution in [0.3, 0.4) is 0 Å². The number of rotatable bonds is 1. The number of benzene rings is 1. The lowest BCUT2D eigenvalue weighted by Gasteiger charge is -2.22. The van der Waals surface area contributed by atoms with Gasteiger partial charge >= 0.3 is 0 Å². The number of hydrogen-bond donors (Lipinski definition) is 1. The van der Waals surface area contributed by atoms with Crippen LogP contribution in [-0.2, 0) is 9.84 Å². The molecular formula is C13H16N4O2S. The van der Waals surface area contributed by atoms with E-state index in [4.69, 9.17) is 5.73 Å². The Kier molecular flexibility index (Phi) is 3.21. The first-order valence-corrected chi connectivity index (χ1v) is 8.33. The standard InChI is InChI=1S/C13H16N4O2S/c14-10-2-3-11-12(8-10)15-9-16-13(11)17-4-1-6-20(18,19)7-5-17/h2-3,8-9H,1,4-7,14H2. The topological polar surface area (TPSA) is 89.2 Å². The molecule has 6 nitrogen and oxygen atoms in total. The van der Waals surface area contributed by atoms with E-state index in [0.717, 1.165) is 16.7 Å². The molecule has 7 heteroatoms. The van der Waals surface area contributed by atoms with Crippen LogP contribution in [0.2, 0.25) is 0 Å². The van der Waals surface area contributed by atoms with Crippen LogP contribution >= 0.6 is 0 Å². The SMILES string of the molecule is Nc1ccc2c(N3CCCS(=O)(=O)CC3)ncnc2c1. The van der Waals surface area contributed by atoms with Gasteiger partial charge in [-0.05, 0) is 24.6 Å². The normalized spacial score (nSPS) is 18.9. The summed E-state index contributed by atoms with van der Waals surface area (Å²) in [5.41, 5.74) is 7.19. The molecule has 0 radical (unpaired) electrons. The van der Waals surface area contributed by atoms with Crippen molar-refractivity contribution in [3.8, 4) is 0 Å². The Morgan fingerprint density at radius 1 is 1.15 bits per heavy atom. The number of nitrogens with zero attached hydrogens (tertiary/aromatic N) is 3. The zero-order valence-electron chi connectivity index (χ0n) is 11.0. The lowest BCUT2D eigenvalue weighted by atomic mass is 10.2. The summed E-state index contributed by atoms with van der Waals surface area (Å²) in [5.74, 6) is 1.21. The van der Waals surface area contributed by atoms with Crippen LogP contribution in [-0.4, -0.2) is 43.0 Å². The molecule has 106 valence electrons. The predicted molar refractivity (Wildman–Crippen MR) is 79.4 cm³/mol. The summed E-state index contributed by atoms with van der Waals surface area (Å²) in [5, 5.41) is 0.904. The van der Waals surface area contributed by atoms with Gasteiger partial charge in [0.05, 0.1) is 17.0 Å². The van der Waals surface area contributed by atoms with Crippen LogP contribution in [0.5, 0.6) is 0 Å². The first-order valence-electron chi connectivity index (χ1n) is 6.51. The quantitative estimate of drug-likeness (QED) is 0.783. The number of fused-ring (bicyclic) bond motifs is 1. The number of aromatic nitrogens is 2. The van der Waals surface area contributed by atoms with E-state index in [9.17, 15) is 8.42 Å². The molecule has 1 aromatic heterocycles. The monoisotopic (exact) mass is 292 g/mol. The Bertz CT molecular complexity index is 745. The maximum Gasteiger partial charge on any atom is 0.152 e. The van der Waals surface area contributed by atoms with E-state index in [2.05, 4.69) is 9.97 Å². The Balaban J connectivity index is 2.01. The fourth-order valence-corrected chi connectivity index (χ4v) is 3.73. The van der Waals surface area contributed by atoms with Crippen molar-refractivity contribution in [1.82, 2.24) is 9.97 Å². The Hall–Kier alpha value is -1.89. The zero-order valence-corrected chi connectivity index (χ0v) is 11.8. The average Bonchev–Trinajstić information content (AvgIpc) is 2.59. The highest BCUT2D eigenvalue weighted by Gasteiger charge is 2.21. The largest absolute Gasteiger partial charge is 0.399 e. The van der Waals surface area contributed by atoms with Gasteiger partial charge in [0, 0.05) is 24.2 Å². The summed E-state index contributed by atoms with van der Waals surface area (Å²) >= 11 is 0. The van der Waals surface area contributed by atoms with Gasteiger partial charge in [-0.3, -0.25) is 0 Å². The molecule has 0 bridgehead atoms. The van der Waals surface area contributed by atoms with Crippen LogP contribution in [0.1, 0.15) is 6.42 Å². The minimum Gasteiger partial charge on any atom is -0.399 e. The molecule has 0 atom stereocenters. The van der Waals surface area contributed by atoms with Gasteiger partial charge in [-0.2, -0.15) is 0 Å². The van der Waals surface area contributed by atoms with Gasteiger partial charge in [0.25, 0.3) is 0 Å². The molecule has 1 aromatic carbocycles. The van der Waals surface area contributed by atoms with E-state index < -0.39 is 9.84 Å². The minimum absolute atomic E-state index is 0.174. The minimum atomic E-state index is -2.93. The maximum absolute atomic E-state index is 11.7. The highest BCUT2D eigenvalue weighted by Crippen LogP contribution is 2.25. The highest BCUT2D eigenvalue weighted by molar-refractivity contribution is 7.91. The first-order chi connectivity index (χ1) is 9.55. The van der Waals surface area contributed by atoms with Crippen molar-refractivity contribution in [3.63, 3.8) is 0 Å². The third kappa shape index (κ3) is 2.53. The van der Waals surface area contributed by atoms with Gasteiger partial charge in [0.1, 0.15) is 12.1 Å². The molecule has 1 aliphatic heterocycles.